The molecule has 86 valence electrons. The molecule has 1 unspecified atom stereocenters. The summed E-state index contributed by atoms with van der Waals surface area (Å²) in [7, 11) is 0. The van der Waals surface area contributed by atoms with Crippen LogP contribution in [0.1, 0.15) is 19.2 Å². The number of aromatic nitrogens is 2. The van der Waals surface area contributed by atoms with Gasteiger partial charge in [-0.25, -0.2) is 4.98 Å². The molecule has 4 nitrogen and oxygen atoms in total. The van der Waals surface area contributed by atoms with Crippen LogP contribution in [0.15, 0.2) is 12.1 Å². The zero-order valence-corrected chi connectivity index (χ0v) is 9.75. The fourth-order valence-electron chi connectivity index (χ4n) is 1.62. The predicted molar refractivity (Wildman–Crippen MR) is 65.5 cm³/mol. The Kier molecular flexibility index (Phi) is 3.03. The maximum atomic E-state index is 9.20. The third-order valence-electron chi connectivity index (χ3n) is 2.43. The van der Waals surface area contributed by atoms with E-state index < -0.39 is 0 Å². The van der Waals surface area contributed by atoms with Gasteiger partial charge in [0, 0.05) is 11.4 Å². The summed E-state index contributed by atoms with van der Waals surface area (Å²) in [5.41, 5.74) is 7.96. The van der Waals surface area contributed by atoms with Gasteiger partial charge in [0.25, 0.3) is 0 Å². The number of nitrogen functional groups attached to an aromatic ring is 1. The van der Waals surface area contributed by atoms with Crippen molar-refractivity contribution < 1.29 is 5.11 Å². The molecule has 0 aliphatic rings. The van der Waals surface area contributed by atoms with Gasteiger partial charge in [0.15, 0.2) is 0 Å². The van der Waals surface area contributed by atoms with Crippen molar-refractivity contribution in [1.29, 1.82) is 0 Å². The number of benzene rings is 1. The first-order chi connectivity index (χ1) is 7.56. The molecule has 1 heterocycles. The van der Waals surface area contributed by atoms with Crippen molar-refractivity contribution in [2.24, 2.45) is 0 Å². The molecule has 1 aromatic heterocycles. The largest absolute Gasteiger partial charge is 0.397 e. The summed E-state index contributed by atoms with van der Waals surface area (Å²) in [6.45, 7) is 1.76. The molecular weight excluding hydrogens is 226 g/mol. The van der Waals surface area contributed by atoms with Gasteiger partial charge in [-0.15, -0.1) is 0 Å². The van der Waals surface area contributed by atoms with Crippen LogP contribution in [0.4, 0.5) is 5.69 Å². The van der Waals surface area contributed by atoms with Crippen molar-refractivity contribution >= 4 is 28.3 Å². The average Bonchev–Trinajstić information content (AvgIpc) is 2.57. The second-order valence-corrected chi connectivity index (χ2v) is 4.40. The number of nitrogens with one attached hydrogen (secondary N) is 1. The van der Waals surface area contributed by atoms with Crippen molar-refractivity contribution in [3.8, 4) is 0 Å². The summed E-state index contributed by atoms with van der Waals surface area (Å²) < 4.78 is 0. The highest BCUT2D eigenvalue weighted by Gasteiger charge is 2.07. The molecule has 4 N–H and O–H groups in total. The molecule has 2 rings (SSSR count). The molecule has 2 aromatic rings. The summed E-state index contributed by atoms with van der Waals surface area (Å²) >= 11 is 5.89. The number of nitrogens with two attached hydrogens (primary N) is 1. The van der Waals surface area contributed by atoms with Crippen molar-refractivity contribution in [2.75, 3.05) is 5.73 Å². The highest BCUT2D eigenvalue weighted by molar-refractivity contribution is 6.31. The first-order valence-corrected chi connectivity index (χ1v) is 5.55. The number of fused-ring (bicyclic) bond motifs is 1. The Morgan fingerprint density at radius 2 is 2.31 bits per heavy atom. The molecule has 1 aromatic carbocycles. The zero-order chi connectivity index (χ0) is 11.7. The number of nitrogens with zero attached hydrogens (tertiary/aromatic N) is 1. The third-order valence-corrected chi connectivity index (χ3v) is 2.65. The summed E-state index contributed by atoms with van der Waals surface area (Å²) in [5.74, 6) is 0.824. The Balaban J connectivity index is 2.33. The zero-order valence-electron chi connectivity index (χ0n) is 9.00. The van der Waals surface area contributed by atoms with E-state index in [0.717, 1.165) is 16.9 Å². The number of aliphatic hydroxyl groups excluding tert-OH is 1. The lowest BCUT2D eigenvalue weighted by molar-refractivity contribution is 0.184. The first-order valence-electron chi connectivity index (χ1n) is 5.18. The number of rotatable bonds is 3. The maximum Gasteiger partial charge on any atom is 0.112 e. The Labute approximate surface area is 98.4 Å². The van der Waals surface area contributed by atoms with E-state index >= 15 is 0 Å². The van der Waals surface area contributed by atoms with Gasteiger partial charge in [-0.05, 0) is 25.5 Å². The minimum absolute atomic E-state index is 0.325. The SMILES string of the molecule is CC(O)CCc1nc2c(N)cc(Cl)cc2[nH]1. The van der Waals surface area contributed by atoms with Crippen LogP contribution in [-0.4, -0.2) is 21.2 Å². The van der Waals surface area contributed by atoms with Crippen LogP contribution in [0.5, 0.6) is 0 Å². The van der Waals surface area contributed by atoms with Crippen molar-refractivity contribution in [2.45, 2.75) is 25.9 Å². The fourth-order valence-corrected chi connectivity index (χ4v) is 1.85. The summed E-state index contributed by atoms with van der Waals surface area (Å²) in [6, 6.07) is 3.48. The molecule has 0 aliphatic carbocycles. The number of anilines is 1. The van der Waals surface area contributed by atoms with Gasteiger partial charge in [-0.1, -0.05) is 11.6 Å². The average molecular weight is 240 g/mol. The van der Waals surface area contributed by atoms with E-state index in [1.54, 1.807) is 19.1 Å². The van der Waals surface area contributed by atoms with Gasteiger partial charge < -0.3 is 15.8 Å². The topological polar surface area (TPSA) is 74.9 Å². The monoisotopic (exact) mass is 239 g/mol. The number of hydrogen-bond acceptors (Lipinski definition) is 3. The van der Waals surface area contributed by atoms with Crippen LogP contribution >= 0.6 is 11.6 Å². The molecule has 0 bridgehead atoms. The summed E-state index contributed by atoms with van der Waals surface area (Å²) in [5, 5.41) is 9.79. The summed E-state index contributed by atoms with van der Waals surface area (Å²) in [6.07, 6.45) is 1.05. The van der Waals surface area contributed by atoms with Crippen LogP contribution < -0.4 is 5.73 Å². The standard InChI is InChI=1S/C11H14ClN3O/c1-6(16)2-3-10-14-9-5-7(12)4-8(13)11(9)15-10/h4-6,16H,2-3,13H2,1H3,(H,14,15). The number of aryl methyl sites for hydroxylation is 1. The molecule has 0 spiro atoms. The lowest BCUT2D eigenvalue weighted by Crippen LogP contribution is -2.02. The Morgan fingerprint density at radius 3 is 3.00 bits per heavy atom. The third kappa shape index (κ3) is 2.28. The number of aromatic amines is 1. The van der Waals surface area contributed by atoms with E-state index in [4.69, 9.17) is 17.3 Å². The number of halogens is 1. The van der Waals surface area contributed by atoms with Gasteiger partial charge in [0.2, 0.25) is 0 Å². The van der Waals surface area contributed by atoms with Gasteiger partial charge >= 0.3 is 0 Å². The lowest BCUT2D eigenvalue weighted by Gasteiger charge is -1.99. The second kappa shape index (κ2) is 4.31. The van der Waals surface area contributed by atoms with Crippen molar-refractivity contribution in [3.63, 3.8) is 0 Å². The van der Waals surface area contributed by atoms with E-state index in [-0.39, 0.29) is 6.10 Å². The number of imidazole rings is 1. The molecule has 16 heavy (non-hydrogen) atoms. The van der Waals surface area contributed by atoms with Crippen molar-refractivity contribution in [3.05, 3.63) is 23.0 Å². The smallest absolute Gasteiger partial charge is 0.112 e. The molecule has 5 heteroatoms. The normalized spacial score (nSPS) is 13.2. The van der Waals surface area contributed by atoms with Crippen molar-refractivity contribution in [1.82, 2.24) is 9.97 Å². The molecule has 0 saturated carbocycles. The lowest BCUT2D eigenvalue weighted by atomic mass is 10.2. The Morgan fingerprint density at radius 1 is 1.56 bits per heavy atom. The minimum Gasteiger partial charge on any atom is -0.397 e. The summed E-state index contributed by atoms with van der Waals surface area (Å²) in [4.78, 5) is 7.52. The van der Waals surface area contributed by atoms with Crippen LogP contribution in [0, 0.1) is 0 Å². The minimum atomic E-state index is -0.325. The van der Waals surface area contributed by atoms with E-state index in [1.807, 2.05) is 0 Å². The highest BCUT2D eigenvalue weighted by Crippen LogP contribution is 2.24. The van der Waals surface area contributed by atoms with Crippen LogP contribution in [0.3, 0.4) is 0 Å². The van der Waals surface area contributed by atoms with Crippen LogP contribution in [0.25, 0.3) is 11.0 Å². The van der Waals surface area contributed by atoms with Gasteiger partial charge in [0.05, 0.1) is 17.3 Å². The van der Waals surface area contributed by atoms with E-state index in [0.29, 0.717) is 23.6 Å². The number of aliphatic hydroxyl groups is 1. The van der Waals surface area contributed by atoms with E-state index in [1.165, 1.54) is 0 Å². The first kappa shape index (κ1) is 11.2. The molecular formula is C11H14ClN3O. The van der Waals surface area contributed by atoms with Gasteiger partial charge in [0.1, 0.15) is 11.3 Å². The second-order valence-electron chi connectivity index (χ2n) is 3.96. The van der Waals surface area contributed by atoms with Crippen LogP contribution in [0.2, 0.25) is 5.02 Å². The molecule has 0 amide bonds. The quantitative estimate of drug-likeness (QED) is 0.718. The number of H-pyrrole nitrogens is 1. The molecule has 0 aliphatic heterocycles. The molecule has 0 radical (unpaired) electrons. The molecule has 1 atom stereocenters. The van der Waals surface area contributed by atoms with Gasteiger partial charge in [-0.3, -0.25) is 0 Å². The molecule has 0 fully saturated rings. The van der Waals surface area contributed by atoms with Gasteiger partial charge in [-0.2, -0.15) is 0 Å². The van der Waals surface area contributed by atoms with Crippen LogP contribution in [-0.2, 0) is 6.42 Å². The fraction of sp³-hybridized carbons (Fsp3) is 0.364. The van der Waals surface area contributed by atoms with E-state index in [9.17, 15) is 5.11 Å². The number of hydrogen-bond donors (Lipinski definition) is 3. The highest BCUT2D eigenvalue weighted by atomic mass is 35.5. The van der Waals surface area contributed by atoms with E-state index in [2.05, 4.69) is 9.97 Å². The Bertz CT molecular complexity index is 507. The predicted octanol–water partition coefficient (Wildman–Crippen LogP) is 2.11. The Hall–Kier alpha value is -1.26. The molecule has 0 saturated heterocycles. The maximum absolute atomic E-state index is 9.20.